The molecule has 2 rings (SSSR count). The quantitative estimate of drug-likeness (QED) is 0.810. The molecule has 1 heterocycles. The van der Waals surface area contributed by atoms with Gasteiger partial charge in [0.2, 0.25) is 0 Å². The fourth-order valence-corrected chi connectivity index (χ4v) is 1.80. The summed E-state index contributed by atoms with van der Waals surface area (Å²) in [5.41, 5.74) is 0.746. The number of hydrogen-bond acceptors (Lipinski definition) is 3. The Kier molecular flexibility index (Phi) is 4.16. The number of hydrogen-bond donors (Lipinski definition) is 0. The van der Waals surface area contributed by atoms with Gasteiger partial charge in [-0.05, 0) is 25.1 Å². The zero-order valence-corrected chi connectivity index (χ0v) is 11.0. The molecule has 19 heavy (non-hydrogen) atoms. The molecule has 2 aromatic rings. The summed E-state index contributed by atoms with van der Waals surface area (Å²) in [4.78, 5) is 11.5. The number of esters is 1. The molecular weight excluding hydrogens is 271 g/mol. The van der Waals surface area contributed by atoms with E-state index in [9.17, 15) is 9.18 Å². The number of nitrogens with zero attached hydrogens (tertiary/aromatic N) is 2. The highest BCUT2D eigenvalue weighted by Gasteiger charge is 2.10. The summed E-state index contributed by atoms with van der Waals surface area (Å²) < 4.78 is 19.9. The topological polar surface area (TPSA) is 44.1 Å². The lowest BCUT2D eigenvalue weighted by Crippen LogP contribution is -2.04. The number of carbonyl (C=O) groups excluding carboxylic acids is 1. The molecule has 0 saturated heterocycles. The lowest BCUT2D eigenvalue weighted by Gasteiger charge is -2.04. The number of rotatable bonds is 4. The van der Waals surface area contributed by atoms with Crippen molar-refractivity contribution in [2.45, 2.75) is 13.5 Å². The van der Waals surface area contributed by atoms with Gasteiger partial charge in [-0.1, -0.05) is 11.6 Å². The van der Waals surface area contributed by atoms with Crippen molar-refractivity contribution in [1.29, 1.82) is 0 Å². The normalized spacial score (nSPS) is 10.5. The van der Waals surface area contributed by atoms with Gasteiger partial charge in [-0.2, -0.15) is 5.10 Å². The first-order valence-electron chi connectivity index (χ1n) is 5.73. The van der Waals surface area contributed by atoms with Crippen LogP contribution in [0.1, 0.15) is 22.8 Å². The Bertz CT molecular complexity index is 598. The van der Waals surface area contributed by atoms with Crippen molar-refractivity contribution in [1.82, 2.24) is 9.78 Å². The second-order valence-electron chi connectivity index (χ2n) is 3.88. The maximum absolute atomic E-state index is 13.6. The molecule has 0 N–H and O–H groups in total. The number of ether oxygens (including phenoxy) is 1. The molecule has 100 valence electrons. The summed E-state index contributed by atoms with van der Waals surface area (Å²) in [5, 5.41) is 4.44. The molecule has 1 aromatic carbocycles. The maximum atomic E-state index is 13.6. The van der Waals surface area contributed by atoms with Crippen LogP contribution in [0, 0.1) is 5.82 Å². The highest BCUT2D eigenvalue weighted by Crippen LogP contribution is 2.16. The third-order valence-corrected chi connectivity index (χ3v) is 2.72. The van der Waals surface area contributed by atoms with Crippen LogP contribution in [-0.2, 0) is 11.3 Å². The second kappa shape index (κ2) is 5.84. The molecule has 0 spiro atoms. The first-order chi connectivity index (χ1) is 9.10. The van der Waals surface area contributed by atoms with E-state index in [1.165, 1.54) is 35.3 Å². The number of halogens is 2. The molecule has 0 aliphatic heterocycles. The molecule has 0 aliphatic carbocycles. The van der Waals surface area contributed by atoms with Gasteiger partial charge >= 0.3 is 5.97 Å². The van der Waals surface area contributed by atoms with E-state index in [0.29, 0.717) is 22.8 Å². The molecule has 6 heteroatoms. The monoisotopic (exact) mass is 282 g/mol. The van der Waals surface area contributed by atoms with Crippen LogP contribution in [0.4, 0.5) is 4.39 Å². The summed E-state index contributed by atoms with van der Waals surface area (Å²) in [6.45, 7) is 2.22. The van der Waals surface area contributed by atoms with E-state index in [1.54, 1.807) is 6.92 Å². The summed E-state index contributed by atoms with van der Waals surface area (Å²) in [6, 6.07) is 4.31. The van der Waals surface area contributed by atoms with Crippen molar-refractivity contribution in [3.8, 4) is 0 Å². The van der Waals surface area contributed by atoms with Gasteiger partial charge in [0.1, 0.15) is 5.82 Å². The maximum Gasteiger partial charge on any atom is 0.341 e. The van der Waals surface area contributed by atoms with Crippen LogP contribution in [0.15, 0.2) is 30.6 Å². The minimum Gasteiger partial charge on any atom is -0.462 e. The smallest absolute Gasteiger partial charge is 0.341 e. The summed E-state index contributed by atoms with van der Waals surface area (Å²) >= 11 is 5.81. The van der Waals surface area contributed by atoms with Crippen molar-refractivity contribution < 1.29 is 13.9 Å². The Morgan fingerprint density at radius 2 is 2.32 bits per heavy atom. The predicted octanol–water partition coefficient (Wildman–Crippen LogP) is 2.90. The molecule has 1 aromatic heterocycles. The van der Waals surface area contributed by atoms with E-state index in [4.69, 9.17) is 16.3 Å². The van der Waals surface area contributed by atoms with E-state index in [2.05, 4.69) is 5.10 Å². The molecule has 0 fully saturated rings. The predicted molar refractivity (Wildman–Crippen MR) is 68.7 cm³/mol. The van der Waals surface area contributed by atoms with Crippen LogP contribution < -0.4 is 0 Å². The molecule has 4 nitrogen and oxygen atoms in total. The van der Waals surface area contributed by atoms with Gasteiger partial charge in [0, 0.05) is 16.8 Å². The van der Waals surface area contributed by atoms with Crippen LogP contribution in [-0.4, -0.2) is 22.4 Å². The average molecular weight is 283 g/mol. The van der Waals surface area contributed by atoms with Crippen molar-refractivity contribution in [2.24, 2.45) is 0 Å². The minimum atomic E-state index is -0.444. The highest BCUT2D eigenvalue weighted by molar-refractivity contribution is 6.30. The average Bonchev–Trinajstić information content (AvgIpc) is 2.83. The fourth-order valence-electron chi connectivity index (χ4n) is 1.61. The minimum absolute atomic E-state index is 0.200. The molecule has 0 bridgehead atoms. The Labute approximate surface area is 114 Å². The molecule has 0 aliphatic rings. The van der Waals surface area contributed by atoms with Crippen LogP contribution in [0.2, 0.25) is 5.02 Å². The Morgan fingerprint density at radius 3 is 3.05 bits per heavy atom. The van der Waals surface area contributed by atoms with E-state index < -0.39 is 5.97 Å². The van der Waals surface area contributed by atoms with Gasteiger partial charge in [-0.3, -0.25) is 4.68 Å². The van der Waals surface area contributed by atoms with Gasteiger partial charge < -0.3 is 4.74 Å². The van der Waals surface area contributed by atoms with Crippen molar-refractivity contribution in [3.63, 3.8) is 0 Å². The van der Waals surface area contributed by atoms with E-state index in [1.807, 2.05) is 0 Å². The molecular formula is C13H12ClFN2O2. The van der Waals surface area contributed by atoms with E-state index >= 15 is 0 Å². The molecule has 0 atom stereocenters. The third-order valence-electron chi connectivity index (χ3n) is 2.48. The van der Waals surface area contributed by atoms with Crippen molar-refractivity contribution in [2.75, 3.05) is 6.61 Å². The Balaban J connectivity index is 2.15. The molecule has 0 unspecified atom stereocenters. The van der Waals surface area contributed by atoms with Crippen LogP contribution >= 0.6 is 11.6 Å². The summed E-state index contributed by atoms with van der Waals surface area (Å²) in [5.74, 6) is -0.807. The molecule has 0 radical (unpaired) electrons. The van der Waals surface area contributed by atoms with Crippen LogP contribution in [0.3, 0.4) is 0 Å². The zero-order valence-electron chi connectivity index (χ0n) is 10.3. The lowest BCUT2D eigenvalue weighted by molar-refractivity contribution is 0.0526. The number of aromatic nitrogens is 2. The third kappa shape index (κ3) is 3.32. The van der Waals surface area contributed by atoms with Gasteiger partial charge in [-0.15, -0.1) is 0 Å². The largest absolute Gasteiger partial charge is 0.462 e. The van der Waals surface area contributed by atoms with Crippen LogP contribution in [0.5, 0.6) is 0 Å². The lowest BCUT2D eigenvalue weighted by atomic mass is 10.2. The number of benzene rings is 1. The van der Waals surface area contributed by atoms with Crippen molar-refractivity contribution in [3.05, 3.63) is 52.6 Å². The summed E-state index contributed by atoms with van der Waals surface area (Å²) in [6.07, 6.45) is 2.90. The molecule has 0 saturated carbocycles. The first kappa shape index (κ1) is 13.5. The van der Waals surface area contributed by atoms with E-state index in [0.717, 1.165) is 0 Å². The SMILES string of the molecule is CCOC(=O)c1cnn(Cc2cc(Cl)ccc2F)c1. The highest BCUT2D eigenvalue weighted by atomic mass is 35.5. The summed E-state index contributed by atoms with van der Waals surface area (Å²) in [7, 11) is 0. The van der Waals surface area contributed by atoms with Gasteiger partial charge in [0.05, 0.1) is 24.9 Å². The zero-order chi connectivity index (χ0) is 13.8. The fraction of sp³-hybridized carbons (Fsp3) is 0.231. The molecule has 0 amide bonds. The van der Waals surface area contributed by atoms with Gasteiger partial charge in [-0.25, -0.2) is 9.18 Å². The van der Waals surface area contributed by atoms with Crippen LogP contribution in [0.25, 0.3) is 0 Å². The second-order valence-corrected chi connectivity index (χ2v) is 4.32. The van der Waals surface area contributed by atoms with Crippen molar-refractivity contribution >= 4 is 17.6 Å². The Morgan fingerprint density at radius 1 is 1.53 bits per heavy atom. The Hall–Kier alpha value is -1.88. The first-order valence-corrected chi connectivity index (χ1v) is 6.11. The van der Waals surface area contributed by atoms with Gasteiger partial charge in [0.15, 0.2) is 0 Å². The standard InChI is InChI=1S/C13H12ClFN2O2/c1-2-19-13(18)10-6-16-17(8-10)7-9-5-11(14)3-4-12(9)15/h3-6,8H,2,7H2,1H3. The van der Waals surface area contributed by atoms with E-state index in [-0.39, 0.29) is 12.4 Å². The number of carbonyl (C=O) groups is 1. The van der Waals surface area contributed by atoms with Gasteiger partial charge in [0.25, 0.3) is 0 Å².